The first kappa shape index (κ1) is 18.4. The van der Waals surface area contributed by atoms with Crippen molar-refractivity contribution in [3.8, 4) is 0 Å². The minimum absolute atomic E-state index is 0. The molecule has 6 N–H and O–H groups in total. The number of unbranched alkanes of at least 4 members (excludes halogenated alkanes) is 1. The van der Waals surface area contributed by atoms with Crippen molar-refractivity contribution < 1.29 is 12.0 Å². The summed E-state index contributed by atoms with van der Waals surface area (Å²) in [6, 6.07) is 0. The second-order valence-electron chi connectivity index (χ2n) is 4.01. The van der Waals surface area contributed by atoms with Gasteiger partial charge >= 0.3 is 0 Å². The molecule has 0 bridgehead atoms. The Morgan fingerprint density at radius 2 is 2.12 bits per heavy atom. The number of aliphatic hydroxyl groups excluding tert-OH is 1. The Labute approximate surface area is 106 Å². The molecule has 0 atom stereocenters. The highest BCUT2D eigenvalue weighted by atomic mass is 16.2. The van der Waals surface area contributed by atoms with E-state index in [0.717, 1.165) is 25.8 Å². The Bertz CT molecular complexity index is 249. The van der Waals surface area contributed by atoms with Gasteiger partial charge in [-0.1, -0.05) is 13.3 Å². The van der Waals surface area contributed by atoms with Crippen LogP contribution in [0.3, 0.4) is 0 Å². The largest absolute Gasteiger partial charge is 0.412 e. The molecule has 0 aromatic rings. The maximum absolute atomic E-state index is 7.00. The van der Waals surface area contributed by atoms with Crippen LogP contribution in [0.15, 0.2) is 23.0 Å². The molecular formula is C13H30N2O2. The van der Waals surface area contributed by atoms with E-state index in [9.17, 15) is 0 Å². The third-order valence-corrected chi connectivity index (χ3v) is 2.63. The van der Waals surface area contributed by atoms with Gasteiger partial charge in [0.2, 0.25) is 0 Å². The van der Waals surface area contributed by atoms with Gasteiger partial charge in [0.1, 0.15) is 0 Å². The molecule has 0 heterocycles. The highest BCUT2D eigenvalue weighted by Gasteiger charge is 2.07. The molecule has 104 valence electrons. The molecule has 17 heavy (non-hydrogen) atoms. The van der Waals surface area contributed by atoms with Crippen LogP contribution in [0, 0.1) is 0 Å². The number of nitrogens with two attached hydrogens (primary N) is 1. The van der Waals surface area contributed by atoms with Gasteiger partial charge in [-0.25, -0.2) is 0 Å². The maximum Gasteiger partial charge on any atom is 0.0319 e. The molecule has 0 saturated heterocycles. The first-order valence-corrected chi connectivity index (χ1v) is 6.08. The van der Waals surface area contributed by atoms with E-state index in [-0.39, 0.29) is 6.90 Å². The maximum atomic E-state index is 7.00. The molecule has 0 saturated carbocycles. The molecule has 0 aromatic heterocycles. The summed E-state index contributed by atoms with van der Waals surface area (Å²) in [6.07, 6.45) is 8.28. The number of rotatable bonds is 4. The van der Waals surface area contributed by atoms with Gasteiger partial charge in [-0.3, -0.25) is 0 Å². The lowest BCUT2D eigenvalue weighted by atomic mass is 9.98. The Morgan fingerprint density at radius 1 is 1.47 bits per heavy atom. The van der Waals surface area contributed by atoms with Crippen LogP contribution in [0.2, 0.25) is 0 Å². The zero-order valence-electron chi connectivity index (χ0n) is 11.3. The van der Waals surface area contributed by atoms with Crippen molar-refractivity contribution in [1.29, 1.82) is 0 Å². The molecule has 1 rings (SSSR count). The molecule has 0 aromatic carbocycles. The molecule has 4 nitrogen and oxygen atoms in total. The molecule has 0 fully saturated rings. The lowest BCUT2D eigenvalue weighted by molar-refractivity contribution is 0.399. The Kier molecular flexibility index (Phi) is 12.4. The molecule has 0 unspecified atom stereocenters. The molecule has 1 aliphatic carbocycles. The Balaban J connectivity index is -0.000000534. The zero-order valence-corrected chi connectivity index (χ0v) is 11.3. The van der Waals surface area contributed by atoms with Crippen LogP contribution in [-0.4, -0.2) is 24.2 Å². The van der Waals surface area contributed by atoms with E-state index in [4.69, 9.17) is 10.8 Å². The predicted molar refractivity (Wildman–Crippen MR) is 75.6 cm³/mol. The second-order valence-corrected chi connectivity index (χ2v) is 4.01. The summed E-state index contributed by atoms with van der Waals surface area (Å²) in [5.41, 5.74) is 9.44. The van der Waals surface area contributed by atoms with Gasteiger partial charge in [0.15, 0.2) is 0 Å². The number of hydrogen-bond acceptors (Lipinski definition) is 3. The van der Waals surface area contributed by atoms with Gasteiger partial charge in [-0.05, 0) is 44.3 Å². The molecule has 0 radical (unpaired) electrons. The molecule has 0 spiro atoms. The first-order valence-electron chi connectivity index (χ1n) is 6.08. The summed E-state index contributed by atoms with van der Waals surface area (Å²) >= 11 is 0. The fraction of sp³-hybridized carbons (Fsp3) is 0.692. The van der Waals surface area contributed by atoms with Crippen molar-refractivity contribution in [2.75, 3.05) is 13.7 Å². The number of allylic oxidation sites excluding steroid dienone is 4. The van der Waals surface area contributed by atoms with Crippen LogP contribution in [0.4, 0.5) is 0 Å². The fourth-order valence-corrected chi connectivity index (χ4v) is 1.70. The lowest BCUT2D eigenvalue weighted by Gasteiger charge is -2.17. The predicted octanol–water partition coefficient (Wildman–Crippen LogP) is 1.71. The topological polar surface area (TPSA) is 89.8 Å². The standard InChI is InChI=1S/C12H22N2.CH4O.H2O.H2/c1-3-4-8-14-12-7-5-6-11(9-12)10(2)13;1-2;;/h9,14H,3-8,13H2,1-2H3;2H,1H3;1H2;1H/b11-10+;;;. The lowest BCUT2D eigenvalue weighted by Crippen LogP contribution is -2.17. The third kappa shape index (κ3) is 7.82. The van der Waals surface area contributed by atoms with Crippen molar-refractivity contribution in [2.24, 2.45) is 5.73 Å². The van der Waals surface area contributed by atoms with Crippen LogP contribution in [0.5, 0.6) is 0 Å². The summed E-state index contributed by atoms with van der Waals surface area (Å²) in [7, 11) is 1.00. The third-order valence-electron chi connectivity index (χ3n) is 2.63. The van der Waals surface area contributed by atoms with Crippen LogP contribution in [0.25, 0.3) is 0 Å². The normalized spacial score (nSPS) is 17.1. The van der Waals surface area contributed by atoms with Crippen molar-refractivity contribution in [3.05, 3.63) is 23.0 Å². The molecule has 1 aliphatic rings. The average molecular weight is 246 g/mol. The molecular weight excluding hydrogens is 216 g/mol. The summed E-state index contributed by atoms with van der Waals surface area (Å²) < 4.78 is 0. The van der Waals surface area contributed by atoms with Gasteiger partial charge in [-0.2, -0.15) is 0 Å². The smallest absolute Gasteiger partial charge is 0.0319 e. The first-order chi connectivity index (χ1) is 7.74. The number of nitrogens with one attached hydrogen (secondary N) is 1. The van der Waals surface area contributed by atoms with Crippen molar-refractivity contribution in [2.45, 2.75) is 46.0 Å². The molecule has 0 amide bonds. The highest BCUT2D eigenvalue weighted by molar-refractivity contribution is 5.29. The molecule has 0 aliphatic heterocycles. The van der Waals surface area contributed by atoms with Gasteiger partial charge in [0, 0.05) is 26.5 Å². The minimum atomic E-state index is 0. The SMILES string of the molecule is CCCCNC1=C/C(=C(\C)N)CCC1.CO.O.[HH]. The van der Waals surface area contributed by atoms with Crippen molar-refractivity contribution in [1.82, 2.24) is 5.32 Å². The van der Waals surface area contributed by atoms with E-state index < -0.39 is 0 Å². The van der Waals surface area contributed by atoms with Crippen molar-refractivity contribution >= 4 is 0 Å². The summed E-state index contributed by atoms with van der Waals surface area (Å²) in [5.74, 6) is 0. The van der Waals surface area contributed by atoms with Crippen LogP contribution in [0.1, 0.15) is 47.4 Å². The van der Waals surface area contributed by atoms with Gasteiger partial charge in [-0.15, -0.1) is 0 Å². The summed E-state index contributed by atoms with van der Waals surface area (Å²) in [4.78, 5) is 0. The van der Waals surface area contributed by atoms with E-state index in [1.165, 1.54) is 37.0 Å². The minimum Gasteiger partial charge on any atom is -0.412 e. The summed E-state index contributed by atoms with van der Waals surface area (Å²) in [5, 5.41) is 10.5. The number of aliphatic hydroxyl groups is 1. The van der Waals surface area contributed by atoms with E-state index in [1.54, 1.807) is 0 Å². The van der Waals surface area contributed by atoms with Gasteiger partial charge in [0.25, 0.3) is 0 Å². The molecule has 4 heteroatoms. The Morgan fingerprint density at radius 3 is 2.65 bits per heavy atom. The second kappa shape index (κ2) is 11.5. The number of hydrogen-bond donors (Lipinski definition) is 3. The van der Waals surface area contributed by atoms with Gasteiger partial charge in [0.05, 0.1) is 0 Å². The monoisotopic (exact) mass is 246 g/mol. The van der Waals surface area contributed by atoms with Crippen molar-refractivity contribution in [3.63, 3.8) is 0 Å². The van der Waals surface area contributed by atoms with E-state index in [1.807, 2.05) is 6.92 Å². The quantitative estimate of drug-likeness (QED) is 0.660. The Hall–Kier alpha value is -1.00. The van der Waals surface area contributed by atoms with E-state index >= 15 is 0 Å². The van der Waals surface area contributed by atoms with E-state index in [0.29, 0.717) is 0 Å². The van der Waals surface area contributed by atoms with Gasteiger partial charge < -0.3 is 21.6 Å². The van der Waals surface area contributed by atoms with E-state index in [2.05, 4.69) is 18.3 Å². The fourth-order valence-electron chi connectivity index (χ4n) is 1.70. The average Bonchev–Trinajstić information content (AvgIpc) is 2.32. The zero-order chi connectivity index (χ0) is 12.4. The van der Waals surface area contributed by atoms with Crippen LogP contribution in [-0.2, 0) is 0 Å². The highest BCUT2D eigenvalue weighted by Crippen LogP contribution is 2.21. The van der Waals surface area contributed by atoms with Crippen LogP contribution < -0.4 is 11.1 Å². The van der Waals surface area contributed by atoms with Crippen LogP contribution >= 0.6 is 0 Å². The summed E-state index contributed by atoms with van der Waals surface area (Å²) in [6.45, 7) is 5.30.